The lowest BCUT2D eigenvalue weighted by Crippen LogP contribution is -2.40. The predicted octanol–water partition coefficient (Wildman–Crippen LogP) is 3.72. The normalized spacial score (nSPS) is 15.8. The first-order valence-electron chi connectivity index (χ1n) is 10.6. The molecule has 4 aromatic rings. The average Bonchev–Trinajstić information content (AvgIpc) is 3.49. The van der Waals surface area contributed by atoms with Crippen LogP contribution >= 0.6 is 0 Å². The molecule has 1 fully saturated rings. The number of anilines is 2. The maximum Gasteiger partial charge on any atom is 0.254 e. The molecule has 3 heterocycles. The quantitative estimate of drug-likeness (QED) is 0.522. The molecule has 1 saturated heterocycles. The Bertz CT molecular complexity index is 1270. The lowest BCUT2D eigenvalue weighted by Gasteiger charge is -2.26. The topological polar surface area (TPSA) is 84.6 Å². The number of benzene rings is 2. The molecule has 2 aromatic heterocycles. The second-order valence-electron chi connectivity index (χ2n) is 7.88. The van der Waals surface area contributed by atoms with Gasteiger partial charge in [0.2, 0.25) is 5.91 Å². The lowest BCUT2D eigenvalue weighted by molar-refractivity contribution is -0.117. The van der Waals surface area contributed by atoms with E-state index in [0.717, 1.165) is 42.0 Å². The number of rotatable bonds is 5. The molecule has 0 aliphatic carbocycles. The van der Waals surface area contributed by atoms with Crippen LogP contribution in [0.15, 0.2) is 60.9 Å². The van der Waals surface area contributed by atoms with Crippen molar-refractivity contribution in [3.8, 4) is 17.0 Å². The Labute approximate surface area is 185 Å². The standard InChI is InChI=1S/C24H24N6O2/c1-16-10-11-21(32-2)19(13-16)27-23(31)20-9-6-12-29(20)22-14-18(17-7-4-3-5-8-17)28-24-25-15-26-30(22)24/h3-5,7-8,10-11,13-15,20H,6,9,12H2,1-2H3,(H,27,31). The molecule has 0 spiro atoms. The smallest absolute Gasteiger partial charge is 0.254 e. The zero-order valence-corrected chi connectivity index (χ0v) is 18.0. The highest BCUT2D eigenvalue weighted by Crippen LogP contribution is 2.31. The Balaban J connectivity index is 1.50. The molecule has 1 N–H and O–H groups in total. The number of ether oxygens (including phenoxy) is 1. The van der Waals surface area contributed by atoms with Crippen LogP contribution in [0.4, 0.5) is 11.5 Å². The Morgan fingerprint density at radius 1 is 1.16 bits per heavy atom. The van der Waals surface area contributed by atoms with Crippen LogP contribution in [0.5, 0.6) is 5.75 Å². The second kappa shape index (κ2) is 8.30. The number of aryl methyl sites for hydroxylation is 1. The number of fused-ring (bicyclic) bond motifs is 1. The number of amides is 1. The summed E-state index contributed by atoms with van der Waals surface area (Å²) in [5.41, 5.74) is 3.52. The number of aromatic nitrogens is 4. The van der Waals surface area contributed by atoms with Gasteiger partial charge in [-0.25, -0.2) is 4.98 Å². The summed E-state index contributed by atoms with van der Waals surface area (Å²) >= 11 is 0. The summed E-state index contributed by atoms with van der Waals surface area (Å²) in [6.07, 6.45) is 3.14. The molecule has 0 saturated carbocycles. The van der Waals surface area contributed by atoms with Crippen LogP contribution in [0.25, 0.3) is 17.0 Å². The fourth-order valence-electron chi connectivity index (χ4n) is 4.21. The fraction of sp³-hybridized carbons (Fsp3) is 0.250. The molecule has 32 heavy (non-hydrogen) atoms. The summed E-state index contributed by atoms with van der Waals surface area (Å²) in [5.74, 6) is 1.88. The SMILES string of the molecule is COc1ccc(C)cc1NC(=O)C1CCCN1c1cc(-c2ccccc2)nc2ncnn12. The van der Waals surface area contributed by atoms with Gasteiger partial charge in [-0.1, -0.05) is 36.4 Å². The Kier molecular flexibility index (Phi) is 5.18. The monoisotopic (exact) mass is 428 g/mol. The molecular formula is C24H24N6O2. The minimum absolute atomic E-state index is 0.0715. The highest BCUT2D eigenvalue weighted by molar-refractivity contribution is 5.98. The Hall–Kier alpha value is -3.94. The molecule has 1 aliphatic heterocycles. The number of nitrogens with one attached hydrogen (secondary N) is 1. The summed E-state index contributed by atoms with van der Waals surface area (Å²) in [7, 11) is 1.60. The van der Waals surface area contributed by atoms with Gasteiger partial charge in [-0.05, 0) is 37.5 Å². The fourth-order valence-corrected chi connectivity index (χ4v) is 4.21. The van der Waals surface area contributed by atoms with Gasteiger partial charge >= 0.3 is 0 Å². The van der Waals surface area contributed by atoms with Gasteiger partial charge in [0.25, 0.3) is 5.78 Å². The molecule has 1 atom stereocenters. The van der Waals surface area contributed by atoms with E-state index in [4.69, 9.17) is 4.74 Å². The molecule has 1 aliphatic rings. The summed E-state index contributed by atoms with van der Waals surface area (Å²) in [4.78, 5) is 24.4. The van der Waals surface area contributed by atoms with Crippen molar-refractivity contribution in [3.05, 3.63) is 66.5 Å². The Morgan fingerprint density at radius 2 is 2.00 bits per heavy atom. The van der Waals surface area contributed by atoms with Gasteiger partial charge in [0.1, 0.15) is 23.9 Å². The maximum atomic E-state index is 13.3. The van der Waals surface area contributed by atoms with Gasteiger partial charge in [0, 0.05) is 18.2 Å². The molecule has 8 heteroatoms. The lowest BCUT2D eigenvalue weighted by atomic mass is 10.1. The molecule has 8 nitrogen and oxygen atoms in total. The van der Waals surface area contributed by atoms with Crippen molar-refractivity contribution in [2.45, 2.75) is 25.8 Å². The highest BCUT2D eigenvalue weighted by Gasteiger charge is 2.33. The largest absolute Gasteiger partial charge is 0.495 e. The van der Waals surface area contributed by atoms with E-state index in [1.807, 2.05) is 61.5 Å². The van der Waals surface area contributed by atoms with Crippen molar-refractivity contribution in [1.82, 2.24) is 19.6 Å². The first kappa shape index (κ1) is 20.0. The third kappa shape index (κ3) is 3.64. The molecule has 2 aromatic carbocycles. The minimum atomic E-state index is -0.335. The number of hydrogen-bond donors (Lipinski definition) is 1. The van der Waals surface area contributed by atoms with E-state index >= 15 is 0 Å². The number of carbonyl (C=O) groups excluding carboxylic acids is 1. The first-order chi connectivity index (χ1) is 15.6. The van der Waals surface area contributed by atoms with Crippen LogP contribution in [-0.4, -0.2) is 45.2 Å². The van der Waals surface area contributed by atoms with Gasteiger partial charge in [0.15, 0.2) is 0 Å². The summed E-state index contributed by atoms with van der Waals surface area (Å²) in [6.45, 7) is 2.73. The van der Waals surface area contributed by atoms with Crippen LogP contribution in [-0.2, 0) is 4.79 Å². The maximum absolute atomic E-state index is 13.3. The van der Waals surface area contributed by atoms with Crippen molar-refractivity contribution in [3.63, 3.8) is 0 Å². The van der Waals surface area contributed by atoms with Gasteiger partial charge in [0.05, 0.1) is 18.5 Å². The molecular weight excluding hydrogens is 404 g/mol. The molecule has 0 bridgehead atoms. The van der Waals surface area contributed by atoms with Crippen molar-refractivity contribution in [2.75, 3.05) is 23.9 Å². The van der Waals surface area contributed by atoms with E-state index in [1.54, 1.807) is 11.6 Å². The summed E-state index contributed by atoms with van der Waals surface area (Å²) < 4.78 is 7.13. The molecule has 162 valence electrons. The Morgan fingerprint density at radius 3 is 2.81 bits per heavy atom. The van der Waals surface area contributed by atoms with Crippen molar-refractivity contribution < 1.29 is 9.53 Å². The highest BCUT2D eigenvalue weighted by atomic mass is 16.5. The predicted molar refractivity (Wildman–Crippen MR) is 123 cm³/mol. The van der Waals surface area contributed by atoms with Crippen LogP contribution < -0.4 is 15.0 Å². The van der Waals surface area contributed by atoms with E-state index in [2.05, 4.69) is 25.3 Å². The zero-order chi connectivity index (χ0) is 22.1. The number of nitrogens with zero attached hydrogens (tertiary/aromatic N) is 5. The van der Waals surface area contributed by atoms with Gasteiger partial charge in [-0.15, -0.1) is 0 Å². The third-order valence-corrected chi connectivity index (χ3v) is 5.77. The second-order valence-corrected chi connectivity index (χ2v) is 7.88. The van der Waals surface area contributed by atoms with Crippen LogP contribution in [0.1, 0.15) is 18.4 Å². The number of hydrogen-bond acceptors (Lipinski definition) is 6. The van der Waals surface area contributed by atoms with E-state index < -0.39 is 0 Å². The molecule has 1 amide bonds. The number of methoxy groups -OCH3 is 1. The van der Waals surface area contributed by atoms with E-state index in [1.165, 1.54) is 6.33 Å². The average molecular weight is 428 g/mol. The van der Waals surface area contributed by atoms with Gasteiger partial charge < -0.3 is 15.0 Å². The number of carbonyl (C=O) groups is 1. The summed E-state index contributed by atoms with van der Waals surface area (Å²) in [5, 5.41) is 7.43. The zero-order valence-electron chi connectivity index (χ0n) is 18.0. The van der Waals surface area contributed by atoms with Crippen molar-refractivity contribution in [2.24, 2.45) is 0 Å². The van der Waals surface area contributed by atoms with Crippen LogP contribution in [0, 0.1) is 6.92 Å². The molecule has 0 radical (unpaired) electrons. The summed E-state index contributed by atoms with van der Waals surface area (Å²) in [6, 6.07) is 17.3. The van der Waals surface area contributed by atoms with Crippen molar-refractivity contribution in [1.29, 1.82) is 0 Å². The van der Waals surface area contributed by atoms with Crippen molar-refractivity contribution >= 4 is 23.2 Å². The van der Waals surface area contributed by atoms with E-state index in [9.17, 15) is 4.79 Å². The minimum Gasteiger partial charge on any atom is -0.495 e. The van der Waals surface area contributed by atoms with Gasteiger partial charge in [-0.2, -0.15) is 14.6 Å². The third-order valence-electron chi connectivity index (χ3n) is 5.77. The first-order valence-corrected chi connectivity index (χ1v) is 10.6. The van der Waals surface area contributed by atoms with Gasteiger partial charge in [-0.3, -0.25) is 4.79 Å². The van der Waals surface area contributed by atoms with Crippen LogP contribution in [0.3, 0.4) is 0 Å². The molecule has 5 rings (SSSR count). The van der Waals surface area contributed by atoms with Crippen LogP contribution in [0.2, 0.25) is 0 Å². The molecule has 1 unspecified atom stereocenters. The van der Waals surface area contributed by atoms with E-state index in [-0.39, 0.29) is 11.9 Å². The van der Waals surface area contributed by atoms with E-state index in [0.29, 0.717) is 17.2 Å².